The lowest BCUT2D eigenvalue weighted by molar-refractivity contribution is 0.349. The summed E-state index contributed by atoms with van der Waals surface area (Å²) < 4.78 is 5.44. The van der Waals surface area contributed by atoms with E-state index in [0.717, 1.165) is 29.8 Å². The summed E-state index contributed by atoms with van der Waals surface area (Å²) in [4.78, 5) is 4.14. The summed E-state index contributed by atoms with van der Waals surface area (Å²) in [5.74, 6) is 1.53. The molecule has 1 aromatic heterocycles. The number of methoxy groups -OCH3 is 1. The molecule has 0 unspecified atom stereocenters. The van der Waals surface area contributed by atoms with E-state index in [1.807, 2.05) is 25.1 Å². The van der Waals surface area contributed by atoms with Crippen LogP contribution in [0.4, 0.5) is 5.69 Å². The highest BCUT2D eigenvalue weighted by atomic mass is 35.5. The lowest BCUT2D eigenvalue weighted by Crippen LogP contribution is -2.34. The number of nitrogens with one attached hydrogen (secondary N) is 1. The van der Waals surface area contributed by atoms with Gasteiger partial charge in [0.1, 0.15) is 5.75 Å². The van der Waals surface area contributed by atoms with Crippen molar-refractivity contribution in [3.63, 3.8) is 0 Å². The van der Waals surface area contributed by atoms with Crippen LogP contribution >= 0.6 is 11.6 Å². The molecule has 1 aliphatic carbocycles. The fourth-order valence-electron chi connectivity index (χ4n) is 2.90. The number of hydrogen-bond donors (Lipinski definition) is 1. The van der Waals surface area contributed by atoms with E-state index in [1.54, 1.807) is 13.3 Å². The maximum Gasteiger partial charge on any atom is 0.152 e. The van der Waals surface area contributed by atoms with E-state index >= 15 is 0 Å². The largest absolute Gasteiger partial charge is 0.496 e. The highest BCUT2D eigenvalue weighted by molar-refractivity contribution is 6.32. The van der Waals surface area contributed by atoms with Crippen LogP contribution in [0.25, 0.3) is 0 Å². The summed E-state index contributed by atoms with van der Waals surface area (Å²) in [7, 11) is 1.73. The first-order valence-electron chi connectivity index (χ1n) is 7.19. The van der Waals surface area contributed by atoms with Crippen LogP contribution in [0.1, 0.15) is 29.9 Å². The third-order valence-electron chi connectivity index (χ3n) is 4.18. The van der Waals surface area contributed by atoms with Gasteiger partial charge in [-0.05, 0) is 48.9 Å². The molecule has 1 fully saturated rings. The van der Waals surface area contributed by atoms with E-state index in [2.05, 4.69) is 22.4 Å². The molecule has 0 aliphatic heterocycles. The minimum atomic E-state index is 0.445. The Balaban J connectivity index is 1.66. The second-order valence-electron chi connectivity index (χ2n) is 5.55. The Morgan fingerprint density at radius 1 is 1.24 bits per heavy atom. The molecule has 1 heterocycles. The normalized spacial score (nSPS) is 20.7. The molecule has 0 atom stereocenters. The minimum Gasteiger partial charge on any atom is -0.496 e. The average molecular weight is 303 g/mol. The van der Waals surface area contributed by atoms with Gasteiger partial charge in [0.05, 0.1) is 12.8 Å². The van der Waals surface area contributed by atoms with Crippen molar-refractivity contribution >= 4 is 17.3 Å². The summed E-state index contributed by atoms with van der Waals surface area (Å²) in [6, 6.07) is 10.7. The first-order chi connectivity index (χ1) is 10.2. The summed E-state index contributed by atoms with van der Waals surface area (Å²) in [5, 5.41) is 4.07. The van der Waals surface area contributed by atoms with E-state index < -0.39 is 0 Å². The van der Waals surface area contributed by atoms with Crippen LogP contribution in [0, 0.1) is 6.92 Å². The van der Waals surface area contributed by atoms with Gasteiger partial charge in [0, 0.05) is 12.2 Å². The molecular weight excluding hydrogens is 284 g/mol. The number of aryl methyl sites for hydroxylation is 1. The molecule has 1 saturated carbocycles. The van der Waals surface area contributed by atoms with Crippen LogP contribution in [0.15, 0.2) is 36.5 Å². The van der Waals surface area contributed by atoms with E-state index in [1.165, 1.54) is 5.56 Å². The Hall–Kier alpha value is -1.74. The molecule has 1 aliphatic rings. The van der Waals surface area contributed by atoms with Crippen LogP contribution in [-0.2, 0) is 0 Å². The lowest BCUT2D eigenvalue weighted by Gasteiger charge is -2.37. The number of aromatic nitrogens is 1. The first-order valence-corrected chi connectivity index (χ1v) is 7.57. The van der Waals surface area contributed by atoms with Crippen molar-refractivity contribution in [3.05, 3.63) is 52.8 Å². The molecule has 0 bridgehead atoms. The van der Waals surface area contributed by atoms with E-state index in [-0.39, 0.29) is 0 Å². The van der Waals surface area contributed by atoms with Gasteiger partial charge in [-0.3, -0.25) is 0 Å². The molecule has 110 valence electrons. The minimum absolute atomic E-state index is 0.445. The van der Waals surface area contributed by atoms with E-state index in [0.29, 0.717) is 17.1 Å². The third kappa shape index (κ3) is 2.84. The van der Waals surface area contributed by atoms with Gasteiger partial charge in [-0.1, -0.05) is 29.8 Å². The van der Waals surface area contributed by atoms with Crippen molar-refractivity contribution in [3.8, 4) is 5.75 Å². The molecule has 0 saturated heterocycles. The van der Waals surface area contributed by atoms with Gasteiger partial charge >= 0.3 is 0 Å². The topological polar surface area (TPSA) is 34.1 Å². The van der Waals surface area contributed by atoms with Crippen molar-refractivity contribution in [2.24, 2.45) is 0 Å². The lowest BCUT2D eigenvalue weighted by atomic mass is 9.75. The molecule has 2 aromatic rings. The highest BCUT2D eigenvalue weighted by Crippen LogP contribution is 2.42. The van der Waals surface area contributed by atoms with E-state index in [4.69, 9.17) is 16.3 Å². The monoisotopic (exact) mass is 302 g/mol. The van der Waals surface area contributed by atoms with Crippen LogP contribution in [-0.4, -0.2) is 18.1 Å². The second kappa shape index (κ2) is 5.94. The molecule has 1 aromatic carbocycles. The van der Waals surface area contributed by atoms with Gasteiger partial charge < -0.3 is 10.1 Å². The van der Waals surface area contributed by atoms with Gasteiger partial charge in [-0.2, -0.15) is 0 Å². The average Bonchev–Trinajstić information content (AvgIpc) is 2.45. The van der Waals surface area contributed by atoms with Crippen molar-refractivity contribution in [2.45, 2.75) is 31.7 Å². The Morgan fingerprint density at radius 2 is 2.00 bits per heavy atom. The first kappa shape index (κ1) is 14.2. The molecule has 3 rings (SSSR count). The fraction of sp³-hybridized carbons (Fsp3) is 0.353. The summed E-state index contributed by atoms with van der Waals surface area (Å²) in [6.07, 6.45) is 3.91. The van der Waals surface area contributed by atoms with Crippen LogP contribution in [0.2, 0.25) is 5.15 Å². The number of hydrogen-bond acceptors (Lipinski definition) is 3. The predicted molar refractivity (Wildman–Crippen MR) is 86.4 cm³/mol. The van der Waals surface area contributed by atoms with Crippen LogP contribution in [0.3, 0.4) is 0 Å². The van der Waals surface area contributed by atoms with Crippen molar-refractivity contribution in [2.75, 3.05) is 12.4 Å². The molecule has 3 nitrogen and oxygen atoms in total. The zero-order chi connectivity index (χ0) is 14.8. The van der Waals surface area contributed by atoms with Gasteiger partial charge in [0.25, 0.3) is 0 Å². The van der Waals surface area contributed by atoms with Crippen LogP contribution < -0.4 is 10.1 Å². The Morgan fingerprint density at radius 3 is 2.71 bits per heavy atom. The maximum atomic E-state index is 6.16. The number of para-hydroxylation sites is 1. The van der Waals surface area contributed by atoms with Crippen LogP contribution in [0.5, 0.6) is 5.75 Å². The molecule has 0 radical (unpaired) electrons. The molecule has 0 spiro atoms. The Kier molecular flexibility index (Phi) is 4.02. The smallest absolute Gasteiger partial charge is 0.152 e. The number of anilines is 1. The standard InChI is InChI=1S/C17H19ClN2O/c1-11-7-8-19-17(18)16(11)20-13-9-12(10-13)14-5-3-4-6-15(14)21-2/h3-8,12-13,20H,9-10H2,1-2H3. The van der Waals surface area contributed by atoms with Crippen molar-refractivity contribution in [1.29, 1.82) is 0 Å². The molecular formula is C17H19ClN2O. The number of rotatable bonds is 4. The predicted octanol–water partition coefficient (Wildman–Crippen LogP) is 4.41. The third-order valence-corrected chi connectivity index (χ3v) is 4.46. The van der Waals surface area contributed by atoms with Gasteiger partial charge in [0.15, 0.2) is 5.15 Å². The van der Waals surface area contributed by atoms with E-state index in [9.17, 15) is 0 Å². The van der Waals surface area contributed by atoms with Gasteiger partial charge in [-0.15, -0.1) is 0 Å². The Labute approximate surface area is 130 Å². The number of ether oxygens (including phenoxy) is 1. The van der Waals surface area contributed by atoms with Crippen molar-refractivity contribution < 1.29 is 4.74 Å². The van der Waals surface area contributed by atoms with Gasteiger partial charge in [0.2, 0.25) is 0 Å². The number of halogens is 1. The highest BCUT2D eigenvalue weighted by Gasteiger charge is 2.32. The summed E-state index contributed by atoms with van der Waals surface area (Å²) >= 11 is 6.16. The molecule has 0 amide bonds. The van der Waals surface area contributed by atoms with Gasteiger partial charge in [-0.25, -0.2) is 4.98 Å². The zero-order valence-electron chi connectivity index (χ0n) is 12.3. The quantitative estimate of drug-likeness (QED) is 0.849. The molecule has 1 N–H and O–H groups in total. The molecule has 21 heavy (non-hydrogen) atoms. The van der Waals surface area contributed by atoms with Crippen molar-refractivity contribution in [1.82, 2.24) is 4.98 Å². The molecule has 4 heteroatoms. The fourth-order valence-corrected chi connectivity index (χ4v) is 3.16. The number of benzene rings is 1. The summed E-state index contributed by atoms with van der Waals surface area (Å²) in [5.41, 5.74) is 3.39. The Bertz CT molecular complexity index is 618. The second-order valence-corrected chi connectivity index (χ2v) is 5.90. The number of nitrogens with zero attached hydrogens (tertiary/aromatic N) is 1. The maximum absolute atomic E-state index is 6.16. The summed E-state index contributed by atoms with van der Waals surface area (Å²) in [6.45, 7) is 2.05. The SMILES string of the molecule is COc1ccccc1C1CC(Nc2c(C)ccnc2Cl)C1. The zero-order valence-corrected chi connectivity index (χ0v) is 13.0. The number of pyridine rings is 1.